The summed E-state index contributed by atoms with van der Waals surface area (Å²) in [7, 11) is 0. The Labute approximate surface area is 126 Å². The van der Waals surface area contributed by atoms with Crippen LogP contribution in [0.5, 0.6) is 0 Å². The molecule has 0 saturated heterocycles. The Morgan fingerprint density at radius 1 is 1.48 bits per heavy atom. The fraction of sp³-hybridized carbons (Fsp3) is 0.467. The Morgan fingerprint density at radius 2 is 2.29 bits per heavy atom. The molecular formula is C15H18N2O3S. The van der Waals surface area contributed by atoms with Gasteiger partial charge in [-0.3, -0.25) is 4.57 Å². The monoisotopic (exact) mass is 306 g/mol. The van der Waals surface area contributed by atoms with Crippen LogP contribution in [0.25, 0.3) is 11.0 Å². The van der Waals surface area contributed by atoms with Crippen LogP contribution in [0.4, 0.5) is 0 Å². The van der Waals surface area contributed by atoms with Crippen molar-refractivity contribution in [2.24, 2.45) is 0 Å². The normalized spacial score (nSPS) is 22.0. The molecule has 2 aromatic rings. The first-order chi connectivity index (χ1) is 10.1. The van der Waals surface area contributed by atoms with Gasteiger partial charge in [-0.25, -0.2) is 9.59 Å². The van der Waals surface area contributed by atoms with Crippen LogP contribution in [0.15, 0.2) is 23.0 Å². The third-order valence-corrected chi connectivity index (χ3v) is 5.40. The number of benzene rings is 1. The Bertz CT molecular complexity index is 734. The molecule has 1 heterocycles. The van der Waals surface area contributed by atoms with Crippen molar-refractivity contribution in [2.45, 2.75) is 37.5 Å². The number of nitrogens with one attached hydrogen (secondary N) is 1. The Kier molecular flexibility index (Phi) is 3.80. The fourth-order valence-corrected chi connectivity index (χ4v) is 4.45. The summed E-state index contributed by atoms with van der Waals surface area (Å²) in [5, 5.41) is 9.51. The summed E-state index contributed by atoms with van der Waals surface area (Å²) >= 11 is 1.90. The predicted molar refractivity (Wildman–Crippen MR) is 84.3 cm³/mol. The molecule has 6 heteroatoms. The van der Waals surface area contributed by atoms with Gasteiger partial charge in [-0.1, -0.05) is 13.3 Å². The van der Waals surface area contributed by atoms with Gasteiger partial charge >= 0.3 is 11.7 Å². The van der Waals surface area contributed by atoms with Crippen LogP contribution >= 0.6 is 11.8 Å². The van der Waals surface area contributed by atoms with Gasteiger partial charge in [0.05, 0.1) is 22.6 Å². The van der Waals surface area contributed by atoms with Crippen LogP contribution < -0.4 is 5.69 Å². The first-order valence-electron chi connectivity index (χ1n) is 7.21. The van der Waals surface area contributed by atoms with Gasteiger partial charge in [-0.2, -0.15) is 11.8 Å². The van der Waals surface area contributed by atoms with Gasteiger partial charge in [0.2, 0.25) is 0 Å². The summed E-state index contributed by atoms with van der Waals surface area (Å²) in [6.45, 7) is 2.14. The highest BCUT2D eigenvalue weighted by atomic mass is 32.2. The molecule has 2 N–H and O–H groups in total. The molecule has 5 nitrogen and oxygen atoms in total. The average Bonchev–Trinajstić information content (AvgIpc) is 3.01. The highest BCUT2D eigenvalue weighted by molar-refractivity contribution is 7.99. The van der Waals surface area contributed by atoms with E-state index in [2.05, 4.69) is 11.9 Å². The van der Waals surface area contributed by atoms with Crippen LogP contribution in [0, 0.1) is 0 Å². The average molecular weight is 306 g/mol. The number of aromatic carboxylic acids is 1. The van der Waals surface area contributed by atoms with Crippen molar-refractivity contribution in [1.29, 1.82) is 0 Å². The maximum absolute atomic E-state index is 12.3. The van der Waals surface area contributed by atoms with E-state index in [9.17, 15) is 9.59 Å². The molecule has 0 amide bonds. The van der Waals surface area contributed by atoms with E-state index in [0.29, 0.717) is 10.8 Å². The van der Waals surface area contributed by atoms with Crippen molar-refractivity contribution in [1.82, 2.24) is 9.55 Å². The summed E-state index contributed by atoms with van der Waals surface area (Å²) in [5.41, 5.74) is 1.47. The Morgan fingerprint density at radius 3 is 3.00 bits per heavy atom. The van der Waals surface area contributed by atoms with E-state index in [1.54, 1.807) is 12.1 Å². The molecule has 1 aromatic heterocycles. The first kappa shape index (κ1) is 14.3. The fourth-order valence-electron chi connectivity index (χ4n) is 3.20. The number of rotatable bonds is 4. The number of thioether (sulfide) groups is 1. The molecule has 2 atom stereocenters. The third kappa shape index (κ3) is 2.48. The highest BCUT2D eigenvalue weighted by Crippen LogP contribution is 2.38. The van der Waals surface area contributed by atoms with Crippen molar-refractivity contribution in [3.8, 4) is 0 Å². The molecule has 112 valence electrons. The lowest BCUT2D eigenvalue weighted by Crippen LogP contribution is -2.26. The second-order valence-electron chi connectivity index (χ2n) is 5.33. The Balaban J connectivity index is 2.08. The summed E-state index contributed by atoms with van der Waals surface area (Å²) in [6, 6.07) is 5.03. The van der Waals surface area contributed by atoms with Crippen LogP contribution in [0.1, 0.15) is 42.6 Å². The number of aromatic amines is 1. The van der Waals surface area contributed by atoms with Crippen molar-refractivity contribution in [3.63, 3.8) is 0 Å². The van der Waals surface area contributed by atoms with E-state index in [4.69, 9.17) is 5.11 Å². The smallest absolute Gasteiger partial charge is 0.335 e. The van der Waals surface area contributed by atoms with Gasteiger partial charge in [0.1, 0.15) is 0 Å². The van der Waals surface area contributed by atoms with Crippen LogP contribution in [-0.2, 0) is 0 Å². The lowest BCUT2D eigenvalue weighted by Gasteiger charge is -2.20. The number of nitrogens with zero attached hydrogens (tertiary/aromatic N) is 1. The van der Waals surface area contributed by atoms with Crippen LogP contribution in [0.2, 0.25) is 0 Å². The molecule has 1 aliphatic rings. The summed E-state index contributed by atoms with van der Waals surface area (Å²) in [6.07, 6.45) is 3.27. The van der Waals surface area contributed by atoms with Gasteiger partial charge in [-0.15, -0.1) is 0 Å². The quantitative estimate of drug-likeness (QED) is 0.911. The summed E-state index contributed by atoms with van der Waals surface area (Å²) < 4.78 is 1.82. The molecule has 1 saturated carbocycles. The summed E-state index contributed by atoms with van der Waals surface area (Å²) in [5.74, 6) is 0.0623. The number of fused-ring (bicyclic) bond motifs is 1. The van der Waals surface area contributed by atoms with Gasteiger partial charge in [0.25, 0.3) is 0 Å². The van der Waals surface area contributed by atoms with E-state index >= 15 is 0 Å². The zero-order valence-corrected chi connectivity index (χ0v) is 12.7. The number of carbonyl (C=O) groups is 1. The molecular weight excluding hydrogens is 288 g/mol. The highest BCUT2D eigenvalue weighted by Gasteiger charge is 2.31. The van der Waals surface area contributed by atoms with E-state index < -0.39 is 5.97 Å². The molecule has 21 heavy (non-hydrogen) atoms. The molecule has 0 spiro atoms. The van der Waals surface area contributed by atoms with Crippen LogP contribution in [0.3, 0.4) is 0 Å². The van der Waals surface area contributed by atoms with E-state index in [0.717, 1.165) is 30.5 Å². The molecule has 2 unspecified atom stereocenters. The lowest BCUT2D eigenvalue weighted by atomic mass is 10.2. The largest absolute Gasteiger partial charge is 0.478 e. The SMILES string of the molecule is CCSC1CCCC1n1c(=O)[nH]c2cc(C(=O)O)ccc21. The number of carboxylic acid groups (broad SMARTS) is 1. The van der Waals surface area contributed by atoms with Crippen molar-refractivity contribution >= 4 is 28.8 Å². The zero-order chi connectivity index (χ0) is 15.0. The zero-order valence-electron chi connectivity index (χ0n) is 11.8. The molecule has 0 bridgehead atoms. The first-order valence-corrected chi connectivity index (χ1v) is 8.26. The molecule has 0 radical (unpaired) electrons. The molecule has 1 aliphatic carbocycles. The minimum absolute atomic E-state index is 0.138. The van der Waals surface area contributed by atoms with Crippen molar-refractivity contribution in [2.75, 3.05) is 5.75 Å². The second kappa shape index (κ2) is 5.60. The number of imidazole rings is 1. The number of carboxylic acids is 1. The van der Waals surface area contributed by atoms with Gasteiger partial charge < -0.3 is 10.1 Å². The number of H-pyrrole nitrogens is 1. The Hall–Kier alpha value is -1.69. The lowest BCUT2D eigenvalue weighted by molar-refractivity contribution is 0.0697. The molecule has 1 fully saturated rings. The summed E-state index contributed by atoms with van der Waals surface area (Å²) in [4.78, 5) is 26.1. The topological polar surface area (TPSA) is 75.1 Å². The minimum atomic E-state index is -0.981. The second-order valence-corrected chi connectivity index (χ2v) is 6.85. The van der Waals surface area contributed by atoms with E-state index in [1.165, 1.54) is 6.07 Å². The number of hydrogen-bond acceptors (Lipinski definition) is 3. The molecule has 3 rings (SSSR count). The van der Waals surface area contributed by atoms with Crippen molar-refractivity contribution in [3.05, 3.63) is 34.2 Å². The van der Waals surface area contributed by atoms with Gasteiger partial charge in [0, 0.05) is 5.25 Å². The van der Waals surface area contributed by atoms with Crippen LogP contribution in [-0.4, -0.2) is 31.6 Å². The maximum Gasteiger partial charge on any atom is 0.335 e. The number of hydrogen-bond donors (Lipinski definition) is 2. The van der Waals surface area contributed by atoms with Gasteiger partial charge in [-0.05, 0) is 36.8 Å². The van der Waals surface area contributed by atoms with Crippen molar-refractivity contribution < 1.29 is 9.90 Å². The third-order valence-electron chi connectivity index (χ3n) is 4.09. The minimum Gasteiger partial charge on any atom is -0.478 e. The van der Waals surface area contributed by atoms with E-state index in [1.807, 2.05) is 16.3 Å². The molecule has 0 aliphatic heterocycles. The number of aromatic nitrogens is 2. The standard InChI is InChI=1S/C15H18N2O3S/c1-2-21-13-5-3-4-12(13)17-11-7-6-9(14(18)19)8-10(11)16-15(17)20/h6-8,12-13H,2-5H2,1H3,(H,16,20)(H,18,19). The predicted octanol–water partition coefficient (Wildman–Crippen LogP) is 2.87. The maximum atomic E-state index is 12.3. The molecule has 1 aromatic carbocycles. The van der Waals surface area contributed by atoms with E-state index in [-0.39, 0.29) is 17.3 Å². The van der Waals surface area contributed by atoms with Gasteiger partial charge in [0.15, 0.2) is 0 Å².